The topological polar surface area (TPSA) is 67.5 Å². The summed E-state index contributed by atoms with van der Waals surface area (Å²) in [6, 6.07) is 4.71. The molecule has 3 N–H and O–H groups in total. The number of nitrogens with one attached hydrogen (secondary N) is 1. The molecule has 1 saturated carbocycles. The van der Waals surface area contributed by atoms with Crippen molar-refractivity contribution in [1.29, 1.82) is 0 Å². The van der Waals surface area contributed by atoms with E-state index < -0.39 is 11.6 Å². The Balaban J connectivity index is 1.83. The van der Waals surface area contributed by atoms with E-state index in [0.29, 0.717) is 23.3 Å². The number of amides is 1. The van der Waals surface area contributed by atoms with E-state index in [0.717, 1.165) is 25.0 Å². The van der Waals surface area contributed by atoms with Crippen molar-refractivity contribution >= 4 is 28.6 Å². The van der Waals surface area contributed by atoms with Crippen LogP contribution in [0.4, 0.5) is 14.5 Å². The zero-order valence-electron chi connectivity index (χ0n) is 13.3. The maximum atomic E-state index is 13.9. The number of carbonyl (C=O) groups excluding carboxylic acids is 1. The number of thiophene rings is 1. The molecule has 1 atom stereocenters. The van der Waals surface area contributed by atoms with Crippen LogP contribution in [0.5, 0.6) is 0 Å². The second kappa shape index (κ2) is 7.57. The molecule has 1 aromatic heterocycles. The Bertz CT molecular complexity index is 831. The first-order valence-corrected chi connectivity index (χ1v) is 8.80. The summed E-state index contributed by atoms with van der Waals surface area (Å²) < 4.78 is 26.9. The molecular weight excluding hydrogens is 344 g/mol. The minimum absolute atomic E-state index is 0.0561. The molecular formula is C18H17F2N3OS. The number of hydrogen-bond acceptors (Lipinski definition) is 4. The fraction of sp³-hybridized carbons (Fsp3) is 0.222. The number of halogens is 2. The number of nitrogens with zero attached hydrogens (tertiary/aromatic N) is 1. The van der Waals surface area contributed by atoms with Crippen LogP contribution in [0.2, 0.25) is 0 Å². The first kappa shape index (κ1) is 17.3. The minimum Gasteiger partial charge on any atom is -0.404 e. The van der Waals surface area contributed by atoms with Crippen molar-refractivity contribution in [1.82, 2.24) is 5.32 Å². The Morgan fingerprint density at radius 3 is 2.88 bits per heavy atom. The van der Waals surface area contributed by atoms with Crippen molar-refractivity contribution in [3.63, 3.8) is 0 Å². The minimum atomic E-state index is -0.728. The number of carbonyl (C=O) groups is 1. The molecule has 0 saturated heterocycles. The number of aliphatic imine (C=N–C) groups is 1. The average Bonchev–Trinajstić information content (AvgIpc) is 3.12. The first-order chi connectivity index (χ1) is 12.1. The highest BCUT2D eigenvalue weighted by molar-refractivity contribution is 7.08. The van der Waals surface area contributed by atoms with Crippen LogP contribution in [0.25, 0.3) is 0 Å². The fourth-order valence-corrected chi connectivity index (χ4v) is 3.45. The van der Waals surface area contributed by atoms with Gasteiger partial charge in [-0.3, -0.25) is 4.79 Å². The number of rotatable bonds is 3. The molecule has 25 heavy (non-hydrogen) atoms. The van der Waals surface area contributed by atoms with E-state index in [-0.39, 0.29) is 17.6 Å². The van der Waals surface area contributed by atoms with E-state index in [1.54, 1.807) is 11.4 Å². The van der Waals surface area contributed by atoms with Crippen LogP contribution in [0.15, 0.2) is 51.8 Å². The second-order valence-corrected chi connectivity index (χ2v) is 6.49. The first-order valence-electron chi connectivity index (χ1n) is 7.86. The third-order valence-corrected chi connectivity index (χ3v) is 4.73. The Morgan fingerprint density at radius 2 is 2.20 bits per heavy atom. The average molecular weight is 361 g/mol. The van der Waals surface area contributed by atoms with E-state index in [9.17, 15) is 13.6 Å². The second-order valence-electron chi connectivity index (χ2n) is 5.71. The number of nitrogens with two attached hydrogens (primary N) is 1. The lowest BCUT2D eigenvalue weighted by Crippen LogP contribution is -2.41. The summed E-state index contributed by atoms with van der Waals surface area (Å²) in [6.07, 6.45) is 3.53. The third-order valence-electron chi connectivity index (χ3n) is 4.05. The molecule has 1 unspecified atom stereocenters. The number of benzene rings is 1. The van der Waals surface area contributed by atoms with Gasteiger partial charge in [-0.25, -0.2) is 13.8 Å². The van der Waals surface area contributed by atoms with Crippen LogP contribution in [-0.2, 0) is 0 Å². The van der Waals surface area contributed by atoms with Gasteiger partial charge in [0.1, 0.15) is 5.82 Å². The summed E-state index contributed by atoms with van der Waals surface area (Å²) in [5, 5.41) is 6.55. The van der Waals surface area contributed by atoms with Crippen LogP contribution >= 0.6 is 11.3 Å². The largest absolute Gasteiger partial charge is 0.404 e. The van der Waals surface area contributed by atoms with Crippen molar-refractivity contribution in [2.24, 2.45) is 10.7 Å². The fourth-order valence-electron chi connectivity index (χ4n) is 2.81. The Kier molecular flexibility index (Phi) is 5.23. The van der Waals surface area contributed by atoms with Gasteiger partial charge in [0, 0.05) is 28.9 Å². The van der Waals surface area contributed by atoms with Gasteiger partial charge in [-0.05, 0) is 42.8 Å². The van der Waals surface area contributed by atoms with Crippen molar-refractivity contribution in [2.75, 3.05) is 0 Å². The van der Waals surface area contributed by atoms with E-state index in [4.69, 9.17) is 5.73 Å². The molecule has 0 spiro atoms. The monoisotopic (exact) mass is 361 g/mol. The summed E-state index contributed by atoms with van der Waals surface area (Å²) in [4.78, 5) is 16.6. The van der Waals surface area contributed by atoms with Crippen molar-refractivity contribution in [2.45, 2.75) is 25.3 Å². The molecule has 1 heterocycles. The zero-order chi connectivity index (χ0) is 17.8. The van der Waals surface area contributed by atoms with Gasteiger partial charge in [0.05, 0.1) is 17.3 Å². The third kappa shape index (κ3) is 3.93. The lowest BCUT2D eigenvalue weighted by atomic mass is 9.88. The van der Waals surface area contributed by atoms with Gasteiger partial charge < -0.3 is 11.1 Å². The van der Waals surface area contributed by atoms with Crippen LogP contribution in [-0.4, -0.2) is 17.7 Å². The molecule has 1 amide bonds. The van der Waals surface area contributed by atoms with Crippen molar-refractivity contribution in [3.05, 3.63) is 64.0 Å². The standard InChI is InChI=1S/C18H17F2N3OS/c19-12-4-5-17(14(20)8-12)22-15-2-1-3-16(13(15)9-21)23-18(24)11-6-7-25-10-11/h4-10,16H,1-3,21H2,(H,23,24)/b13-9+,22-15?. The van der Waals surface area contributed by atoms with E-state index >= 15 is 0 Å². The normalized spacial score (nSPS) is 20.8. The quantitative estimate of drug-likeness (QED) is 0.870. The Morgan fingerprint density at radius 1 is 1.36 bits per heavy atom. The van der Waals surface area contributed by atoms with Crippen LogP contribution in [0.1, 0.15) is 29.6 Å². The summed E-state index contributed by atoms with van der Waals surface area (Å²) in [5.74, 6) is -1.56. The highest BCUT2D eigenvalue weighted by Gasteiger charge is 2.26. The van der Waals surface area contributed by atoms with Gasteiger partial charge >= 0.3 is 0 Å². The molecule has 0 bridgehead atoms. The summed E-state index contributed by atoms with van der Waals surface area (Å²) in [7, 11) is 0. The van der Waals surface area contributed by atoms with E-state index in [1.165, 1.54) is 23.6 Å². The maximum absolute atomic E-state index is 13.9. The lowest BCUT2D eigenvalue weighted by Gasteiger charge is -2.27. The maximum Gasteiger partial charge on any atom is 0.252 e. The summed E-state index contributed by atoms with van der Waals surface area (Å²) >= 11 is 1.45. The summed E-state index contributed by atoms with van der Waals surface area (Å²) in [5.41, 5.74) is 7.67. The highest BCUT2D eigenvalue weighted by Crippen LogP contribution is 2.26. The van der Waals surface area contributed by atoms with Gasteiger partial charge in [0.2, 0.25) is 0 Å². The predicted octanol–water partition coefficient (Wildman–Crippen LogP) is 3.92. The van der Waals surface area contributed by atoms with Gasteiger partial charge in [0.25, 0.3) is 5.91 Å². The summed E-state index contributed by atoms with van der Waals surface area (Å²) in [6.45, 7) is 0. The molecule has 4 nitrogen and oxygen atoms in total. The molecule has 1 aliphatic rings. The predicted molar refractivity (Wildman–Crippen MR) is 95.1 cm³/mol. The molecule has 7 heteroatoms. The molecule has 1 aliphatic carbocycles. The van der Waals surface area contributed by atoms with Gasteiger partial charge in [0.15, 0.2) is 5.82 Å². The molecule has 2 aromatic rings. The molecule has 0 radical (unpaired) electrons. The van der Waals surface area contributed by atoms with E-state index in [2.05, 4.69) is 10.3 Å². The van der Waals surface area contributed by atoms with Crippen LogP contribution < -0.4 is 11.1 Å². The molecule has 1 aromatic carbocycles. The van der Waals surface area contributed by atoms with Gasteiger partial charge in [-0.1, -0.05) is 0 Å². The van der Waals surface area contributed by atoms with Crippen LogP contribution in [0.3, 0.4) is 0 Å². The molecule has 130 valence electrons. The smallest absolute Gasteiger partial charge is 0.252 e. The van der Waals surface area contributed by atoms with Gasteiger partial charge in [-0.2, -0.15) is 11.3 Å². The lowest BCUT2D eigenvalue weighted by molar-refractivity contribution is 0.0941. The molecule has 3 rings (SSSR count). The SMILES string of the molecule is N/C=C1\C(=Nc2ccc(F)cc2F)CCCC1NC(=O)c1ccsc1. The van der Waals surface area contributed by atoms with Crippen LogP contribution in [0, 0.1) is 11.6 Å². The van der Waals surface area contributed by atoms with Gasteiger partial charge in [-0.15, -0.1) is 0 Å². The van der Waals surface area contributed by atoms with Crippen molar-refractivity contribution < 1.29 is 13.6 Å². The Labute approximate surface area is 148 Å². The number of hydrogen-bond donors (Lipinski definition) is 2. The highest BCUT2D eigenvalue weighted by atomic mass is 32.1. The van der Waals surface area contributed by atoms with Crippen molar-refractivity contribution in [3.8, 4) is 0 Å². The molecule has 1 fully saturated rings. The Hall–Kier alpha value is -2.54. The molecule has 0 aliphatic heterocycles. The zero-order valence-corrected chi connectivity index (χ0v) is 14.2. The van der Waals surface area contributed by atoms with E-state index in [1.807, 2.05) is 5.38 Å².